The van der Waals surface area contributed by atoms with Crippen LogP contribution < -0.4 is 5.32 Å². The number of carbonyl (C=O) groups is 1. The van der Waals surface area contributed by atoms with Crippen LogP contribution in [0.25, 0.3) is 0 Å². The van der Waals surface area contributed by atoms with E-state index >= 15 is 0 Å². The van der Waals surface area contributed by atoms with E-state index in [1.54, 1.807) is 0 Å². The Kier molecular flexibility index (Phi) is 13.9. The molecule has 0 aromatic heterocycles. The third kappa shape index (κ3) is 8.02. The van der Waals surface area contributed by atoms with E-state index in [1.807, 2.05) is 72.1 Å². The molecule has 1 fully saturated rings. The lowest BCUT2D eigenvalue weighted by Gasteiger charge is -2.37. The topological polar surface area (TPSA) is 52.6 Å². The molecule has 0 aliphatic heterocycles. The molecule has 0 spiro atoms. The van der Waals surface area contributed by atoms with Gasteiger partial charge in [0.25, 0.3) is 5.91 Å². The van der Waals surface area contributed by atoms with E-state index in [2.05, 4.69) is 10.2 Å². The molecule has 2 rings (SSSR count). The molecule has 0 bridgehead atoms. The van der Waals surface area contributed by atoms with Gasteiger partial charge in [0.1, 0.15) is 0 Å². The highest BCUT2D eigenvalue weighted by Crippen LogP contribution is 2.39. The summed E-state index contributed by atoms with van der Waals surface area (Å²) in [7, 11) is 4.04. The van der Waals surface area contributed by atoms with Gasteiger partial charge in [-0.2, -0.15) is 0 Å². The van der Waals surface area contributed by atoms with Gasteiger partial charge in [0.2, 0.25) is 0 Å². The van der Waals surface area contributed by atoms with E-state index in [1.165, 1.54) is 6.42 Å². The molecule has 1 unspecified atom stereocenters. The Morgan fingerprint density at radius 3 is 2.15 bits per heavy atom. The summed E-state index contributed by atoms with van der Waals surface area (Å²) >= 11 is 0. The number of rotatable bonds is 7. The minimum atomic E-state index is -1.40. The molecule has 1 aromatic rings. The first-order valence-corrected chi connectivity index (χ1v) is 10.8. The summed E-state index contributed by atoms with van der Waals surface area (Å²) in [5.74, 6) is -0.234. The Labute approximate surface area is 167 Å². The Morgan fingerprint density at radius 1 is 1.07 bits per heavy atom. The summed E-state index contributed by atoms with van der Waals surface area (Å²) in [5, 5.41) is 14.3. The molecule has 0 heterocycles. The number of hydrogen-bond donors (Lipinski definition) is 2. The highest BCUT2D eigenvalue weighted by Gasteiger charge is 2.45. The van der Waals surface area contributed by atoms with Crippen molar-refractivity contribution in [1.82, 2.24) is 10.2 Å². The number of nitrogens with zero attached hydrogens (tertiary/aromatic N) is 1. The summed E-state index contributed by atoms with van der Waals surface area (Å²) in [6.45, 7) is 9.52. The lowest BCUT2D eigenvalue weighted by molar-refractivity contribution is -0.149. The van der Waals surface area contributed by atoms with Gasteiger partial charge < -0.3 is 15.3 Å². The predicted octanol–water partition coefficient (Wildman–Crippen LogP) is 4.57. The van der Waals surface area contributed by atoms with Gasteiger partial charge in [0, 0.05) is 12.5 Å². The summed E-state index contributed by atoms with van der Waals surface area (Å²) in [4.78, 5) is 14.9. The molecule has 1 aliphatic rings. The molecule has 1 atom stereocenters. The van der Waals surface area contributed by atoms with Crippen LogP contribution in [0.2, 0.25) is 0 Å². The maximum absolute atomic E-state index is 12.8. The first-order valence-electron chi connectivity index (χ1n) is 10.8. The van der Waals surface area contributed by atoms with Crippen molar-refractivity contribution < 1.29 is 9.90 Å². The first-order chi connectivity index (χ1) is 13.0. The second-order valence-electron chi connectivity index (χ2n) is 6.88. The normalized spacial score (nSPS) is 16.3. The third-order valence-corrected chi connectivity index (χ3v) is 4.82. The van der Waals surface area contributed by atoms with Crippen molar-refractivity contribution >= 4 is 5.91 Å². The molecule has 4 nitrogen and oxygen atoms in total. The Balaban J connectivity index is 0.00000158. The van der Waals surface area contributed by atoms with Crippen LogP contribution in [0.15, 0.2) is 30.3 Å². The number of carbonyl (C=O) groups excluding carboxylic acids is 1. The molecule has 156 valence electrons. The molecular weight excluding hydrogens is 336 g/mol. The van der Waals surface area contributed by atoms with Gasteiger partial charge in [-0.15, -0.1) is 0 Å². The second kappa shape index (κ2) is 14.6. The van der Waals surface area contributed by atoms with Gasteiger partial charge in [-0.05, 0) is 45.5 Å². The van der Waals surface area contributed by atoms with Crippen LogP contribution in [0, 0.1) is 5.92 Å². The smallest absolute Gasteiger partial charge is 0.256 e. The van der Waals surface area contributed by atoms with Crippen LogP contribution in [-0.4, -0.2) is 43.1 Å². The summed E-state index contributed by atoms with van der Waals surface area (Å²) < 4.78 is 0. The lowest BCUT2D eigenvalue weighted by Crippen LogP contribution is -2.50. The SMILES string of the molecule is CC.CC.CN(C)CCCNC(=O)C(O)(c1ccccc1)C1CCCCC1. The Morgan fingerprint density at radius 2 is 1.63 bits per heavy atom. The first kappa shape index (κ1) is 25.6. The van der Waals surface area contributed by atoms with Crippen molar-refractivity contribution in [2.24, 2.45) is 5.92 Å². The molecule has 1 amide bonds. The molecule has 0 saturated heterocycles. The highest BCUT2D eigenvalue weighted by molar-refractivity contribution is 5.86. The number of hydrogen-bond acceptors (Lipinski definition) is 3. The fourth-order valence-electron chi connectivity index (χ4n) is 3.50. The Bertz CT molecular complexity index is 484. The van der Waals surface area contributed by atoms with Crippen LogP contribution >= 0.6 is 0 Å². The molecule has 4 heteroatoms. The van der Waals surface area contributed by atoms with Crippen LogP contribution in [0.4, 0.5) is 0 Å². The van der Waals surface area contributed by atoms with E-state index in [0.717, 1.165) is 44.2 Å². The molecule has 1 saturated carbocycles. The standard InChI is InChI=1S/C19H30N2O2.2C2H6/c1-21(2)15-9-14-20-18(22)19(23,16-10-5-3-6-11-16)17-12-7-4-8-13-17;2*1-2/h3,5-6,10-11,17,23H,4,7-9,12-15H2,1-2H3,(H,20,22);2*1-2H3. The van der Waals surface area contributed by atoms with Crippen molar-refractivity contribution in [1.29, 1.82) is 0 Å². The van der Waals surface area contributed by atoms with Crippen molar-refractivity contribution in [3.63, 3.8) is 0 Å². The van der Waals surface area contributed by atoms with Crippen LogP contribution in [0.5, 0.6) is 0 Å². The molecule has 2 N–H and O–H groups in total. The maximum Gasteiger partial charge on any atom is 0.256 e. The van der Waals surface area contributed by atoms with E-state index in [4.69, 9.17) is 0 Å². The van der Waals surface area contributed by atoms with Crippen molar-refractivity contribution in [3.05, 3.63) is 35.9 Å². The van der Waals surface area contributed by atoms with E-state index in [-0.39, 0.29) is 11.8 Å². The largest absolute Gasteiger partial charge is 0.375 e. The zero-order valence-corrected chi connectivity index (χ0v) is 18.4. The molecule has 1 aliphatic carbocycles. The quantitative estimate of drug-likeness (QED) is 0.683. The monoisotopic (exact) mass is 378 g/mol. The minimum absolute atomic E-state index is 0.00694. The number of nitrogens with one attached hydrogen (secondary N) is 1. The van der Waals surface area contributed by atoms with Crippen molar-refractivity contribution in [2.45, 2.75) is 71.8 Å². The minimum Gasteiger partial charge on any atom is -0.375 e. The zero-order chi connectivity index (χ0) is 20.7. The number of aliphatic hydroxyl groups is 1. The zero-order valence-electron chi connectivity index (χ0n) is 18.4. The van der Waals surface area contributed by atoms with Crippen LogP contribution in [-0.2, 0) is 10.4 Å². The van der Waals surface area contributed by atoms with Gasteiger partial charge >= 0.3 is 0 Å². The van der Waals surface area contributed by atoms with Crippen LogP contribution in [0.3, 0.4) is 0 Å². The van der Waals surface area contributed by atoms with Gasteiger partial charge in [0.05, 0.1) is 0 Å². The fraction of sp³-hybridized carbons (Fsp3) is 0.696. The summed E-state index contributed by atoms with van der Waals surface area (Å²) in [6.07, 6.45) is 6.09. The number of benzene rings is 1. The third-order valence-electron chi connectivity index (χ3n) is 4.82. The van der Waals surface area contributed by atoms with Gasteiger partial charge in [-0.3, -0.25) is 4.79 Å². The average molecular weight is 379 g/mol. The summed E-state index contributed by atoms with van der Waals surface area (Å²) in [6, 6.07) is 9.44. The second-order valence-corrected chi connectivity index (χ2v) is 6.88. The molecule has 0 radical (unpaired) electrons. The van der Waals surface area contributed by atoms with E-state index in [0.29, 0.717) is 6.54 Å². The van der Waals surface area contributed by atoms with Gasteiger partial charge in [0.15, 0.2) is 5.60 Å². The number of amides is 1. The van der Waals surface area contributed by atoms with Gasteiger partial charge in [-0.1, -0.05) is 77.3 Å². The predicted molar refractivity (Wildman–Crippen MR) is 116 cm³/mol. The lowest BCUT2D eigenvalue weighted by atomic mass is 9.73. The summed E-state index contributed by atoms with van der Waals surface area (Å²) in [5.41, 5.74) is -0.684. The van der Waals surface area contributed by atoms with Gasteiger partial charge in [-0.25, -0.2) is 0 Å². The fourth-order valence-corrected chi connectivity index (χ4v) is 3.50. The highest BCUT2D eigenvalue weighted by atomic mass is 16.3. The van der Waals surface area contributed by atoms with E-state index < -0.39 is 5.60 Å². The van der Waals surface area contributed by atoms with E-state index in [9.17, 15) is 9.90 Å². The molecule has 1 aromatic carbocycles. The molecule has 27 heavy (non-hydrogen) atoms. The van der Waals surface area contributed by atoms with Crippen molar-refractivity contribution in [2.75, 3.05) is 27.2 Å². The average Bonchev–Trinajstić information content (AvgIpc) is 2.74. The maximum atomic E-state index is 12.8. The molecular formula is C23H42N2O2. The Hall–Kier alpha value is -1.39. The van der Waals surface area contributed by atoms with Crippen molar-refractivity contribution in [3.8, 4) is 0 Å². The van der Waals surface area contributed by atoms with Crippen LogP contribution in [0.1, 0.15) is 71.8 Å².